The average Bonchev–Trinajstić information content (AvgIpc) is 3.81. The highest BCUT2D eigenvalue weighted by Crippen LogP contribution is 2.55. The standard InChI is InChI=1S/C47H33N3O/c1-47(2)38-21-13-12-20-36(38)42-43-44(51-45(42)47)37-28-34(26-27-41(37)50(43)35-18-10-5-11-19-35)30-22-24-33(25-23-30)46-48-39(31-14-6-3-7-15-31)29-40(49-46)32-16-8-4-9-17-32/h3-29H,1-2H3. The molecule has 0 fully saturated rings. The van der Waals surface area contributed by atoms with Crippen molar-refractivity contribution in [2.75, 3.05) is 0 Å². The third-order valence-corrected chi connectivity index (χ3v) is 10.4. The summed E-state index contributed by atoms with van der Waals surface area (Å²) in [7, 11) is 0. The SMILES string of the molecule is CC1(C)c2ccccc2-c2c1oc1c3cc(-c4ccc(-c5nc(-c6ccccc6)cc(-c6ccccc6)n5)cc4)ccc3n(-c3ccccc3)c21. The topological polar surface area (TPSA) is 43.9 Å². The summed E-state index contributed by atoms with van der Waals surface area (Å²) in [5, 5.41) is 1.10. The second-order valence-electron chi connectivity index (χ2n) is 13.8. The molecule has 9 aromatic rings. The van der Waals surface area contributed by atoms with Crippen molar-refractivity contribution in [3.63, 3.8) is 0 Å². The van der Waals surface area contributed by atoms with Gasteiger partial charge in [0, 0.05) is 38.7 Å². The van der Waals surface area contributed by atoms with Crippen LogP contribution in [0.4, 0.5) is 0 Å². The van der Waals surface area contributed by atoms with Crippen LogP contribution >= 0.6 is 0 Å². The highest BCUT2D eigenvalue weighted by atomic mass is 16.3. The summed E-state index contributed by atoms with van der Waals surface area (Å²) in [6.45, 7) is 4.54. The molecule has 0 atom stereocenters. The lowest BCUT2D eigenvalue weighted by Crippen LogP contribution is -2.14. The van der Waals surface area contributed by atoms with E-state index in [2.05, 4.69) is 146 Å². The van der Waals surface area contributed by atoms with Crippen LogP contribution in [0.25, 0.3) is 83.8 Å². The summed E-state index contributed by atoms with van der Waals surface area (Å²) >= 11 is 0. The number of aromatic nitrogens is 3. The lowest BCUT2D eigenvalue weighted by molar-refractivity contribution is 0.466. The Balaban J connectivity index is 1.11. The van der Waals surface area contributed by atoms with Crippen LogP contribution in [0.2, 0.25) is 0 Å². The predicted octanol–water partition coefficient (Wildman–Crippen LogP) is 12.1. The minimum absolute atomic E-state index is 0.230. The molecule has 1 aliphatic rings. The van der Waals surface area contributed by atoms with Gasteiger partial charge in [-0.1, -0.05) is 133 Å². The van der Waals surface area contributed by atoms with E-state index in [1.807, 2.05) is 36.4 Å². The van der Waals surface area contributed by atoms with Gasteiger partial charge in [-0.25, -0.2) is 9.97 Å². The van der Waals surface area contributed by atoms with Gasteiger partial charge in [-0.15, -0.1) is 0 Å². The smallest absolute Gasteiger partial charge is 0.161 e. The van der Waals surface area contributed by atoms with Crippen molar-refractivity contribution >= 4 is 22.0 Å². The van der Waals surface area contributed by atoms with E-state index in [1.54, 1.807) is 0 Å². The van der Waals surface area contributed by atoms with Gasteiger partial charge in [-0.3, -0.25) is 0 Å². The zero-order chi connectivity index (χ0) is 34.1. The zero-order valence-electron chi connectivity index (χ0n) is 28.3. The van der Waals surface area contributed by atoms with E-state index in [-0.39, 0.29) is 5.41 Å². The molecule has 0 amide bonds. The summed E-state index contributed by atoms with van der Waals surface area (Å²) in [5.41, 5.74) is 15.0. The number of hydrogen-bond acceptors (Lipinski definition) is 3. The van der Waals surface area contributed by atoms with Crippen molar-refractivity contribution in [2.24, 2.45) is 0 Å². The third kappa shape index (κ3) is 4.60. The van der Waals surface area contributed by atoms with Gasteiger partial charge in [0.15, 0.2) is 11.4 Å². The number of fused-ring (bicyclic) bond motifs is 7. The van der Waals surface area contributed by atoms with Gasteiger partial charge in [0.2, 0.25) is 0 Å². The van der Waals surface area contributed by atoms with Crippen LogP contribution in [-0.4, -0.2) is 14.5 Å². The van der Waals surface area contributed by atoms with Crippen LogP contribution in [0, 0.1) is 0 Å². The maximum Gasteiger partial charge on any atom is 0.161 e. The van der Waals surface area contributed by atoms with Crippen molar-refractivity contribution in [3.8, 4) is 61.8 Å². The zero-order valence-corrected chi connectivity index (χ0v) is 28.3. The Labute approximate surface area is 296 Å². The minimum atomic E-state index is -0.230. The molecule has 0 unspecified atom stereocenters. The van der Waals surface area contributed by atoms with E-state index in [9.17, 15) is 0 Å². The first-order valence-electron chi connectivity index (χ1n) is 17.4. The molecule has 0 saturated heterocycles. The Morgan fingerprint density at radius 2 is 1.10 bits per heavy atom. The number of hydrogen-bond donors (Lipinski definition) is 0. The summed E-state index contributed by atoms with van der Waals surface area (Å²) < 4.78 is 9.32. The Morgan fingerprint density at radius 1 is 0.529 bits per heavy atom. The quantitative estimate of drug-likeness (QED) is 0.185. The lowest BCUT2D eigenvalue weighted by atomic mass is 9.86. The second kappa shape index (κ2) is 11.3. The first-order chi connectivity index (χ1) is 25.0. The molecule has 51 heavy (non-hydrogen) atoms. The van der Waals surface area contributed by atoms with Crippen LogP contribution < -0.4 is 0 Å². The highest BCUT2D eigenvalue weighted by Gasteiger charge is 2.42. The molecular formula is C47H33N3O. The Hall–Kier alpha value is -6.52. The minimum Gasteiger partial charge on any atom is -0.457 e. The van der Waals surface area contributed by atoms with E-state index in [4.69, 9.17) is 14.4 Å². The molecule has 3 heterocycles. The molecule has 0 saturated carbocycles. The van der Waals surface area contributed by atoms with Crippen LogP contribution in [0.5, 0.6) is 0 Å². The van der Waals surface area contributed by atoms with E-state index < -0.39 is 0 Å². The summed E-state index contributed by atoms with van der Waals surface area (Å²) in [6, 6.07) is 57.4. The van der Waals surface area contributed by atoms with Crippen LogP contribution in [0.1, 0.15) is 25.2 Å². The molecule has 1 aliphatic carbocycles. The summed E-state index contributed by atoms with van der Waals surface area (Å²) in [5.74, 6) is 1.73. The van der Waals surface area contributed by atoms with Gasteiger partial charge in [-0.05, 0) is 66.4 Å². The highest BCUT2D eigenvalue weighted by molar-refractivity contribution is 6.14. The lowest BCUT2D eigenvalue weighted by Gasteiger charge is -2.18. The average molecular weight is 656 g/mol. The molecule has 0 spiro atoms. The monoisotopic (exact) mass is 655 g/mol. The third-order valence-electron chi connectivity index (χ3n) is 10.4. The largest absolute Gasteiger partial charge is 0.457 e. The molecule has 0 bridgehead atoms. The first-order valence-corrected chi connectivity index (χ1v) is 17.4. The maximum absolute atomic E-state index is 6.95. The van der Waals surface area contributed by atoms with Gasteiger partial charge in [-0.2, -0.15) is 0 Å². The van der Waals surface area contributed by atoms with Crippen LogP contribution in [-0.2, 0) is 5.41 Å². The Bertz CT molecular complexity index is 2680. The molecule has 10 rings (SSSR count). The molecule has 0 N–H and O–H groups in total. The van der Waals surface area contributed by atoms with Gasteiger partial charge in [0.05, 0.1) is 16.9 Å². The van der Waals surface area contributed by atoms with Crippen molar-refractivity contribution in [1.82, 2.24) is 14.5 Å². The molecule has 0 aliphatic heterocycles. The number of furan rings is 1. The van der Waals surface area contributed by atoms with E-state index in [1.165, 1.54) is 16.7 Å². The van der Waals surface area contributed by atoms with Crippen molar-refractivity contribution in [3.05, 3.63) is 175 Å². The summed E-state index contributed by atoms with van der Waals surface area (Å²) in [6.07, 6.45) is 0. The molecule has 242 valence electrons. The van der Waals surface area contributed by atoms with Crippen molar-refractivity contribution < 1.29 is 4.42 Å². The fourth-order valence-corrected chi connectivity index (χ4v) is 7.84. The molecular weight excluding hydrogens is 623 g/mol. The van der Waals surface area contributed by atoms with Gasteiger partial charge in [0.25, 0.3) is 0 Å². The molecule has 4 heteroatoms. The summed E-state index contributed by atoms with van der Waals surface area (Å²) in [4.78, 5) is 10.1. The van der Waals surface area contributed by atoms with E-state index >= 15 is 0 Å². The number of rotatable bonds is 5. The number of para-hydroxylation sites is 1. The van der Waals surface area contributed by atoms with Gasteiger partial charge >= 0.3 is 0 Å². The maximum atomic E-state index is 6.95. The second-order valence-corrected chi connectivity index (χ2v) is 13.8. The van der Waals surface area contributed by atoms with Crippen molar-refractivity contribution in [2.45, 2.75) is 19.3 Å². The van der Waals surface area contributed by atoms with Gasteiger partial charge in [0.1, 0.15) is 11.3 Å². The van der Waals surface area contributed by atoms with Crippen LogP contribution in [0.15, 0.2) is 168 Å². The molecule has 4 nitrogen and oxygen atoms in total. The molecule has 0 radical (unpaired) electrons. The number of nitrogens with zero attached hydrogens (tertiary/aromatic N) is 3. The Morgan fingerprint density at radius 3 is 1.76 bits per heavy atom. The van der Waals surface area contributed by atoms with Crippen LogP contribution in [0.3, 0.4) is 0 Å². The van der Waals surface area contributed by atoms with Crippen molar-refractivity contribution in [1.29, 1.82) is 0 Å². The normalized spacial score (nSPS) is 13.1. The number of benzene rings is 6. The van der Waals surface area contributed by atoms with E-state index in [0.29, 0.717) is 5.82 Å². The Kier molecular flexibility index (Phi) is 6.49. The fraction of sp³-hybridized carbons (Fsp3) is 0.0638. The predicted molar refractivity (Wildman–Crippen MR) is 208 cm³/mol. The molecule has 6 aromatic carbocycles. The first kappa shape index (κ1) is 29.4. The van der Waals surface area contributed by atoms with E-state index in [0.717, 1.165) is 72.7 Å². The molecule has 3 aromatic heterocycles. The van der Waals surface area contributed by atoms with Gasteiger partial charge < -0.3 is 8.98 Å². The fourth-order valence-electron chi connectivity index (χ4n) is 7.84.